The number of fused-ring (bicyclic) bond motifs is 1. The Bertz CT molecular complexity index is 549. The van der Waals surface area contributed by atoms with E-state index < -0.39 is 0 Å². The molecule has 0 radical (unpaired) electrons. The van der Waals surface area contributed by atoms with Gasteiger partial charge in [-0.3, -0.25) is 4.79 Å². The summed E-state index contributed by atoms with van der Waals surface area (Å²) in [5, 5.41) is 12.1. The van der Waals surface area contributed by atoms with Crippen LogP contribution in [-0.4, -0.2) is 24.5 Å². The second-order valence-electron chi connectivity index (χ2n) is 5.80. The first-order valence-corrected chi connectivity index (χ1v) is 7.61. The molecule has 0 saturated heterocycles. The molecule has 4 heteroatoms. The number of para-hydroxylation sites is 1. The standard InChI is InChI=1S/C17H23N3O/c1-4-12(2)19-17(21)15-11-13(3)20(10-9-18)16-8-6-5-7-14(15)16/h5-8,12-13,15H,4,10-11H2,1-3H3,(H,19,21)/t12-,13+,15+/m0/s1. The lowest BCUT2D eigenvalue weighted by Crippen LogP contribution is -2.44. The van der Waals surface area contributed by atoms with Crippen molar-refractivity contribution in [1.82, 2.24) is 5.32 Å². The van der Waals surface area contributed by atoms with Crippen molar-refractivity contribution in [2.75, 3.05) is 11.4 Å². The van der Waals surface area contributed by atoms with E-state index in [4.69, 9.17) is 5.26 Å². The van der Waals surface area contributed by atoms with Gasteiger partial charge in [0.05, 0.1) is 12.0 Å². The topological polar surface area (TPSA) is 56.1 Å². The Kier molecular flexibility index (Phi) is 4.85. The van der Waals surface area contributed by atoms with Crippen LogP contribution in [0.2, 0.25) is 0 Å². The Balaban J connectivity index is 2.31. The quantitative estimate of drug-likeness (QED) is 0.865. The lowest BCUT2D eigenvalue weighted by molar-refractivity contribution is -0.123. The van der Waals surface area contributed by atoms with Gasteiger partial charge in [-0.25, -0.2) is 0 Å². The third kappa shape index (κ3) is 3.18. The van der Waals surface area contributed by atoms with Crippen molar-refractivity contribution in [1.29, 1.82) is 5.26 Å². The summed E-state index contributed by atoms with van der Waals surface area (Å²) in [6, 6.07) is 10.5. The van der Waals surface area contributed by atoms with Crippen LogP contribution in [0.25, 0.3) is 0 Å². The van der Waals surface area contributed by atoms with Crippen molar-refractivity contribution in [2.24, 2.45) is 0 Å². The number of nitrogens with zero attached hydrogens (tertiary/aromatic N) is 2. The average molecular weight is 285 g/mol. The van der Waals surface area contributed by atoms with Gasteiger partial charge < -0.3 is 10.2 Å². The molecule has 112 valence electrons. The van der Waals surface area contributed by atoms with Crippen LogP contribution < -0.4 is 10.2 Å². The highest BCUT2D eigenvalue weighted by Gasteiger charge is 2.34. The molecule has 0 aliphatic carbocycles. The molecule has 1 aliphatic rings. The number of carbonyl (C=O) groups is 1. The van der Waals surface area contributed by atoms with Crippen molar-refractivity contribution in [3.63, 3.8) is 0 Å². The van der Waals surface area contributed by atoms with E-state index >= 15 is 0 Å². The minimum absolute atomic E-state index is 0.0975. The maximum absolute atomic E-state index is 12.5. The lowest BCUT2D eigenvalue weighted by Gasteiger charge is -2.39. The average Bonchev–Trinajstić information content (AvgIpc) is 2.49. The molecule has 1 N–H and O–H groups in total. The van der Waals surface area contributed by atoms with Crippen molar-refractivity contribution in [2.45, 2.75) is 51.6 Å². The highest BCUT2D eigenvalue weighted by molar-refractivity contribution is 5.87. The largest absolute Gasteiger partial charge is 0.355 e. The zero-order valence-corrected chi connectivity index (χ0v) is 13.0. The molecule has 21 heavy (non-hydrogen) atoms. The van der Waals surface area contributed by atoms with Crippen molar-refractivity contribution in [3.8, 4) is 6.07 Å². The van der Waals surface area contributed by atoms with E-state index in [-0.39, 0.29) is 23.9 Å². The first kappa shape index (κ1) is 15.4. The predicted molar refractivity (Wildman–Crippen MR) is 84.1 cm³/mol. The zero-order valence-electron chi connectivity index (χ0n) is 13.0. The summed E-state index contributed by atoms with van der Waals surface area (Å²) in [6.07, 6.45) is 1.68. The molecule has 2 rings (SSSR count). The highest BCUT2D eigenvalue weighted by Crippen LogP contribution is 2.38. The number of nitriles is 1. The molecule has 4 nitrogen and oxygen atoms in total. The van der Waals surface area contributed by atoms with Crippen LogP contribution in [-0.2, 0) is 4.79 Å². The Morgan fingerprint density at radius 1 is 1.52 bits per heavy atom. The van der Waals surface area contributed by atoms with E-state index in [1.807, 2.05) is 31.2 Å². The van der Waals surface area contributed by atoms with Crippen molar-refractivity contribution >= 4 is 11.6 Å². The molecule has 0 bridgehead atoms. The van der Waals surface area contributed by atoms with Crippen LogP contribution in [0.15, 0.2) is 24.3 Å². The fourth-order valence-corrected chi connectivity index (χ4v) is 2.89. The number of rotatable bonds is 4. The summed E-state index contributed by atoms with van der Waals surface area (Å²) in [7, 11) is 0. The summed E-state index contributed by atoms with van der Waals surface area (Å²) in [6.45, 7) is 6.53. The first-order chi connectivity index (χ1) is 10.1. The van der Waals surface area contributed by atoms with Crippen molar-refractivity contribution < 1.29 is 4.79 Å². The molecular formula is C17H23N3O. The lowest BCUT2D eigenvalue weighted by atomic mass is 9.85. The van der Waals surface area contributed by atoms with E-state index in [0.717, 1.165) is 24.1 Å². The maximum atomic E-state index is 12.5. The Morgan fingerprint density at radius 2 is 2.24 bits per heavy atom. The fraction of sp³-hybridized carbons (Fsp3) is 0.529. The first-order valence-electron chi connectivity index (χ1n) is 7.61. The third-order valence-corrected chi connectivity index (χ3v) is 4.29. The van der Waals surface area contributed by atoms with Gasteiger partial charge >= 0.3 is 0 Å². The second kappa shape index (κ2) is 6.62. The van der Waals surface area contributed by atoms with E-state index in [1.54, 1.807) is 0 Å². The summed E-state index contributed by atoms with van der Waals surface area (Å²) < 4.78 is 0. The van der Waals surface area contributed by atoms with Gasteiger partial charge in [-0.1, -0.05) is 25.1 Å². The van der Waals surface area contributed by atoms with Crippen LogP contribution in [0.3, 0.4) is 0 Å². The van der Waals surface area contributed by atoms with Gasteiger partial charge in [0, 0.05) is 17.8 Å². The van der Waals surface area contributed by atoms with Gasteiger partial charge in [-0.2, -0.15) is 5.26 Å². The summed E-state index contributed by atoms with van der Waals surface area (Å²) >= 11 is 0. The van der Waals surface area contributed by atoms with E-state index in [1.165, 1.54) is 0 Å². The smallest absolute Gasteiger partial charge is 0.227 e. The number of benzene rings is 1. The molecular weight excluding hydrogens is 262 g/mol. The minimum atomic E-state index is -0.125. The highest BCUT2D eigenvalue weighted by atomic mass is 16.1. The minimum Gasteiger partial charge on any atom is -0.355 e. The Hall–Kier alpha value is -2.02. The number of carbonyl (C=O) groups excluding carboxylic acids is 1. The summed E-state index contributed by atoms with van der Waals surface area (Å²) in [5.74, 6) is -0.0274. The predicted octanol–water partition coefficient (Wildman–Crippen LogP) is 2.81. The Labute approximate surface area is 126 Å². The monoisotopic (exact) mass is 285 g/mol. The fourth-order valence-electron chi connectivity index (χ4n) is 2.89. The zero-order chi connectivity index (χ0) is 15.4. The van der Waals surface area contributed by atoms with Gasteiger partial charge in [-0.15, -0.1) is 0 Å². The molecule has 1 amide bonds. The van der Waals surface area contributed by atoms with E-state index in [2.05, 4.69) is 30.1 Å². The molecule has 1 aromatic carbocycles. The van der Waals surface area contributed by atoms with Gasteiger partial charge in [0.25, 0.3) is 0 Å². The molecule has 1 aliphatic heterocycles. The number of amides is 1. The molecule has 1 heterocycles. The van der Waals surface area contributed by atoms with Gasteiger partial charge in [0.1, 0.15) is 6.54 Å². The third-order valence-electron chi connectivity index (χ3n) is 4.29. The van der Waals surface area contributed by atoms with Crippen LogP contribution >= 0.6 is 0 Å². The van der Waals surface area contributed by atoms with Crippen LogP contribution in [0.1, 0.15) is 45.1 Å². The van der Waals surface area contributed by atoms with Crippen molar-refractivity contribution in [3.05, 3.63) is 29.8 Å². The molecule has 0 unspecified atom stereocenters. The summed E-state index contributed by atoms with van der Waals surface area (Å²) in [5.41, 5.74) is 2.05. The number of hydrogen-bond donors (Lipinski definition) is 1. The molecule has 0 aromatic heterocycles. The maximum Gasteiger partial charge on any atom is 0.227 e. The number of nitrogens with one attached hydrogen (secondary N) is 1. The molecule has 3 atom stereocenters. The van der Waals surface area contributed by atoms with Crippen LogP contribution in [0.4, 0.5) is 5.69 Å². The SMILES string of the molecule is CC[C@H](C)NC(=O)[C@@H]1C[C@@H](C)N(CC#N)c2ccccc21. The number of hydrogen-bond acceptors (Lipinski definition) is 3. The second-order valence-corrected chi connectivity index (χ2v) is 5.80. The Morgan fingerprint density at radius 3 is 2.90 bits per heavy atom. The summed E-state index contributed by atoms with van der Waals surface area (Å²) in [4.78, 5) is 14.6. The molecule has 0 saturated carbocycles. The van der Waals surface area contributed by atoms with Crippen LogP contribution in [0, 0.1) is 11.3 Å². The number of anilines is 1. The van der Waals surface area contributed by atoms with Crippen LogP contribution in [0.5, 0.6) is 0 Å². The molecule has 0 fully saturated rings. The molecule has 1 aromatic rings. The van der Waals surface area contributed by atoms with Gasteiger partial charge in [-0.05, 0) is 38.3 Å². The van der Waals surface area contributed by atoms with Gasteiger partial charge in [0.15, 0.2) is 0 Å². The van der Waals surface area contributed by atoms with E-state index in [9.17, 15) is 4.79 Å². The molecule has 0 spiro atoms. The van der Waals surface area contributed by atoms with E-state index in [0.29, 0.717) is 6.54 Å². The normalized spacial score (nSPS) is 22.1. The van der Waals surface area contributed by atoms with Gasteiger partial charge in [0.2, 0.25) is 5.91 Å².